The lowest BCUT2D eigenvalue weighted by molar-refractivity contribution is -0.121. The van der Waals surface area contributed by atoms with Crippen LogP contribution in [0.25, 0.3) is 0 Å². The highest BCUT2D eigenvalue weighted by molar-refractivity contribution is 5.96. The predicted octanol–water partition coefficient (Wildman–Crippen LogP) is 2.18. The fourth-order valence-corrected chi connectivity index (χ4v) is 3.89. The van der Waals surface area contributed by atoms with Crippen LogP contribution >= 0.6 is 0 Å². The van der Waals surface area contributed by atoms with Crippen LogP contribution in [0.15, 0.2) is 24.3 Å². The number of ether oxygens (including phenoxy) is 1. The first-order valence-corrected chi connectivity index (χ1v) is 7.93. The average Bonchev–Trinajstić information content (AvgIpc) is 3.08. The maximum atomic E-state index is 12.5. The smallest absolute Gasteiger partial charge is 0.338 e. The SMILES string of the molecule is CCOC(=O)c1cccc(NC(=O)C2C3CCC(C3)C2N)c1. The zero-order valence-corrected chi connectivity index (χ0v) is 12.7. The van der Waals surface area contributed by atoms with E-state index in [1.165, 1.54) is 0 Å². The normalized spacial score (nSPS) is 29.4. The Hall–Kier alpha value is -1.88. The van der Waals surface area contributed by atoms with E-state index >= 15 is 0 Å². The summed E-state index contributed by atoms with van der Waals surface area (Å²) in [5.41, 5.74) is 7.26. The van der Waals surface area contributed by atoms with E-state index in [1.54, 1.807) is 31.2 Å². The molecule has 2 saturated carbocycles. The topological polar surface area (TPSA) is 81.4 Å². The summed E-state index contributed by atoms with van der Waals surface area (Å²) in [6.45, 7) is 2.09. The van der Waals surface area contributed by atoms with Crippen molar-refractivity contribution >= 4 is 17.6 Å². The lowest BCUT2D eigenvalue weighted by atomic mass is 9.84. The van der Waals surface area contributed by atoms with Crippen molar-refractivity contribution < 1.29 is 14.3 Å². The van der Waals surface area contributed by atoms with Crippen molar-refractivity contribution in [3.05, 3.63) is 29.8 Å². The molecule has 0 aliphatic heterocycles. The molecule has 2 fully saturated rings. The van der Waals surface area contributed by atoms with Crippen LogP contribution in [-0.2, 0) is 9.53 Å². The molecule has 4 atom stereocenters. The molecule has 3 rings (SSSR count). The Labute approximate surface area is 130 Å². The lowest BCUT2D eigenvalue weighted by Crippen LogP contribution is -2.42. The van der Waals surface area contributed by atoms with Gasteiger partial charge in [-0.25, -0.2) is 4.79 Å². The van der Waals surface area contributed by atoms with Gasteiger partial charge in [-0.15, -0.1) is 0 Å². The molecule has 118 valence electrons. The van der Waals surface area contributed by atoms with Crippen LogP contribution in [0.1, 0.15) is 36.5 Å². The molecule has 1 amide bonds. The van der Waals surface area contributed by atoms with E-state index < -0.39 is 0 Å². The highest BCUT2D eigenvalue weighted by Crippen LogP contribution is 2.47. The van der Waals surface area contributed by atoms with E-state index in [9.17, 15) is 9.59 Å². The van der Waals surface area contributed by atoms with Gasteiger partial charge in [-0.05, 0) is 56.2 Å². The Morgan fingerprint density at radius 1 is 1.32 bits per heavy atom. The summed E-state index contributed by atoms with van der Waals surface area (Å²) in [4.78, 5) is 24.3. The van der Waals surface area contributed by atoms with E-state index in [0.29, 0.717) is 29.7 Å². The van der Waals surface area contributed by atoms with Gasteiger partial charge in [-0.1, -0.05) is 6.07 Å². The molecule has 5 heteroatoms. The molecule has 2 aliphatic carbocycles. The molecule has 1 aromatic rings. The molecule has 0 spiro atoms. The third kappa shape index (κ3) is 2.73. The molecule has 0 saturated heterocycles. The van der Waals surface area contributed by atoms with Crippen LogP contribution in [0.4, 0.5) is 5.69 Å². The Balaban J connectivity index is 1.69. The van der Waals surface area contributed by atoms with Crippen LogP contribution < -0.4 is 11.1 Å². The standard InChI is InChI=1S/C17H22N2O3/c1-2-22-17(21)12-4-3-5-13(9-12)19-16(20)14-10-6-7-11(8-10)15(14)18/h3-5,9-11,14-15H,2,6-8,18H2,1H3,(H,19,20). The van der Waals surface area contributed by atoms with Gasteiger partial charge < -0.3 is 15.8 Å². The summed E-state index contributed by atoms with van der Waals surface area (Å²) in [6, 6.07) is 6.81. The maximum absolute atomic E-state index is 12.5. The van der Waals surface area contributed by atoms with E-state index in [0.717, 1.165) is 19.3 Å². The molecule has 0 heterocycles. The number of fused-ring (bicyclic) bond motifs is 2. The molecule has 4 unspecified atom stereocenters. The number of carbonyl (C=O) groups excluding carboxylic acids is 2. The molecule has 0 radical (unpaired) electrons. The first kappa shape index (κ1) is 15.0. The highest BCUT2D eigenvalue weighted by atomic mass is 16.5. The minimum absolute atomic E-state index is 0.0271. The predicted molar refractivity (Wildman–Crippen MR) is 83.3 cm³/mol. The van der Waals surface area contributed by atoms with Crippen molar-refractivity contribution in [3.63, 3.8) is 0 Å². The van der Waals surface area contributed by atoms with Gasteiger partial charge in [0.25, 0.3) is 0 Å². The molecule has 1 aromatic carbocycles. The molecule has 3 N–H and O–H groups in total. The van der Waals surface area contributed by atoms with E-state index in [-0.39, 0.29) is 23.8 Å². The third-order valence-electron chi connectivity index (χ3n) is 4.92. The lowest BCUT2D eigenvalue weighted by Gasteiger charge is -2.27. The number of carbonyl (C=O) groups is 2. The molecule has 2 aliphatic rings. The summed E-state index contributed by atoms with van der Waals surface area (Å²) < 4.78 is 4.97. The Morgan fingerprint density at radius 3 is 2.77 bits per heavy atom. The number of hydrogen-bond acceptors (Lipinski definition) is 4. The minimum atomic E-state index is -0.379. The van der Waals surface area contributed by atoms with Gasteiger partial charge in [0.2, 0.25) is 5.91 Å². The summed E-state index contributed by atoms with van der Waals surface area (Å²) in [6.07, 6.45) is 3.31. The van der Waals surface area contributed by atoms with Crippen molar-refractivity contribution in [2.24, 2.45) is 23.5 Å². The number of hydrogen-bond donors (Lipinski definition) is 2. The summed E-state index contributed by atoms with van der Waals surface area (Å²) in [5, 5.41) is 2.91. The summed E-state index contributed by atoms with van der Waals surface area (Å²) >= 11 is 0. The first-order chi connectivity index (χ1) is 10.6. The second-order valence-electron chi connectivity index (χ2n) is 6.23. The molecule has 2 bridgehead atoms. The third-order valence-corrected chi connectivity index (χ3v) is 4.92. The fraction of sp³-hybridized carbons (Fsp3) is 0.529. The van der Waals surface area contributed by atoms with Crippen LogP contribution in [0.5, 0.6) is 0 Å². The molecule has 22 heavy (non-hydrogen) atoms. The van der Waals surface area contributed by atoms with Gasteiger partial charge in [0.15, 0.2) is 0 Å². The van der Waals surface area contributed by atoms with E-state index in [1.807, 2.05) is 0 Å². The number of nitrogens with two attached hydrogens (primary N) is 1. The van der Waals surface area contributed by atoms with Crippen molar-refractivity contribution in [2.75, 3.05) is 11.9 Å². The number of amides is 1. The van der Waals surface area contributed by atoms with Gasteiger partial charge in [-0.3, -0.25) is 4.79 Å². The highest BCUT2D eigenvalue weighted by Gasteiger charge is 2.49. The second kappa shape index (κ2) is 6.08. The van der Waals surface area contributed by atoms with Crippen molar-refractivity contribution in [1.29, 1.82) is 0 Å². The second-order valence-corrected chi connectivity index (χ2v) is 6.23. The molecular weight excluding hydrogens is 280 g/mol. The Kier molecular flexibility index (Phi) is 4.16. The maximum Gasteiger partial charge on any atom is 0.338 e. The van der Waals surface area contributed by atoms with Gasteiger partial charge in [0.1, 0.15) is 0 Å². The fourth-order valence-electron chi connectivity index (χ4n) is 3.89. The van der Waals surface area contributed by atoms with Crippen LogP contribution in [0.3, 0.4) is 0 Å². The first-order valence-electron chi connectivity index (χ1n) is 7.93. The summed E-state index contributed by atoms with van der Waals surface area (Å²) in [5.74, 6) is 0.390. The number of esters is 1. The molecule has 5 nitrogen and oxygen atoms in total. The summed E-state index contributed by atoms with van der Waals surface area (Å²) in [7, 11) is 0. The van der Waals surface area contributed by atoms with Crippen molar-refractivity contribution in [3.8, 4) is 0 Å². The molecule has 0 aromatic heterocycles. The zero-order valence-electron chi connectivity index (χ0n) is 12.7. The zero-order chi connectivity index (χ0) is 15.7. The van der Waals surface area contributed by atoms with Gasteiger partial charge in [0.05, 0.1) is 18.1 Å². The van der Waals surface area contributed by atoms with Crippen LogP contribution in [0, 0.1) is 17.8 Å². The van der Waals surface area contributed by atoms with E-state index in [2.05, 4.69) is 5.32 Å². The number of anilines is 1. The number of nitrogens with one attached hydrogen (secondary N) is 1. The van der Waals surface area contributed by atoms with Crippen LogP contribution in [0.2, 0.25) is 0 Å². The van der Waals surface area contributed by atoms with Gasteiger partial charge >= 0.3 is 5.97 Å². The minimum Gasteiger partial charge on any atom is -0.462 e. The van der Waals surface area contributed by atoms with Crippen molar-refractivity contribution in [2.45, 2.75) is 32.2 Å². The number of rotatable bonds is 4. The van der Waals surface area contributed by atoms with Crippen LogP contribution in [-0.4, -0.2) is 24.5 Å². The average molecular weight is 302 g/mol. The largest absolute Gasteiger partial charge is 0.462 e. The number of benzene rings is 1. The van der Waals surface area contributed by atoms with Gasteiger partial charge in [0, 0.05) is 11.7 Å². The Morgan fingerprint density at radius 2 is 2.09 bits per heavy atom. The quantitative estimate of drug-likeness (QED) is 0.835. The van der Waals surface area contributed by atoms with E-state index in [4.69, 9.17) is 10.5 Å². The van der Waals surface area contributed by atoms with Crippen molar-refractivity contribution in [1.82, 2.24) is 0 Å². The van der Waals surface area contributed by atoms with Gasteiger partial charge in [-0.2, -0.15) is 0 Å². The monoisotopic (exact) mass is 302 g/mol. The Bertz CT molecular complexity index is 585. The molecular formula is C17H22N2O3.